The van der Waals surface area contributed by atoms with E-state index in [2.05, 4.69) is 0 Å². The number of aliphatic hydroxyl groups excluding tert-OH is 6. The van der Waals surface area contributed by atoms with Gasteiger partial charge in [0.2, 0.25) is 6.29 Å². The highest BCUT2D eigenvalue weighted by Crippen LogP contribution is 2.28. The highest BCUT2D eigenvalue weighted by molar-refractivity contribution is 5.31. The van der Waals surface area contributed by atoms with Gasteiger partial charge in [-0.25, -0.2) is 0 Å². The number of aliphatic hydroxyl groups is 6. The molecule has 0 bridgehead atoms. The van der Waals surface area contributed by atoms with Crippen molar-refractivity contribution < 1.29 is 54.3 Å². The Labute approximate surface area is 166 Å². The lowest BCUT2D eigenvalue weighted by molar-refractivity contribution is -0.343. The molecule has 0 amide bonds. The van der Waals surface area contributed by atoms with Gasteiger partial charge >= 0.3 is 0 Å². The van der Waals surface area contributed by atoms with Gasteiger partial charge in [0.05, 0.1) is 20.3 Å². The van der Waals surface area contributed by atoms with E-state index in [1.54, 1.807) is 24.3 Å². The van der Waals surface area contributed by atoms with Crippen molar-refractivity contribution in [1.29, 1.82) is 0 Å². The standard InChI is InChI=1S/C18H26O11/c1-25-8-2-4-9(5-3-8)27-17-15(24)16(10(20)7-26-17)29-18-14(23)13(22)12(21)11(6-19)28-18/h2-5,10-24H,6-7H2,1H3/t10-,11-,12-,13+,14-,15-,16-,17-,18-/m1/s1. The van der Waals surface area contributed by atoms with Gasteiger partial charge < -0.3 is 54.3 Å². The van der Waals surface area contributed by atoms with Gasteiger partial charge in [-0.1, -0.05) is 0 Å². The normalized spacial score (nSPS) is 40.4. The number of rotatable bonds is 6. The van der Waals surface area contributed by atoms with Crippen molar-refractivity contribution in [1.82, 2.24) is 0 Å². The van der Waals surface area contributed by atoms with Crippen LogP contribution in [0.25, 0.3) is 0 Å². The van der Waals surface area contributed by atoms with Gasteiger partial charge in [0.1, 0.15) is 54.2 Å². The van der Waals surface area contributed by atoms with E-state index in [1.807, 2.05) is 0 Å². The maximum atomic E-state index is 10.6. The number of benzene rings is 1. The summed E-state index contributed by atoms with van der Waals surface area (Å²) in [6, 6.07) is 6.52. The fourth-order valence-corrected chi connectivity index (χ4v) is 3.17. The van der Waals surface area contributed by atoms with Gasteiger partial charge in [0.15, 0.2) is 6.29 Å². The summed E-state index contributed by atoms with van der Waals surface area (Å²) in [4.78, 5) is 0. The zero-order valence-electron chi connectivity index (χ0n) is 15.6. The van der Waals surface area contributed by atoms with Crippen molar-refractivity contribution in [3.05, 3.63) is 24.3 Å². The monoisotopic (exact) mass is 418 g/mol. The van der Waals surface area contributed by atoms with E-state index in [-0.39, 0.29) is 6.61 Å². The largest absolute Gasteiger partial charge is 0.497 e. The van der Waals surface area contributed by atoms with Gasteiger partial charge in [0, 0.05) is 0 Å². The second-order valence-corrected chi connectivity index (χ2v) is 6.85. The molecule has 0 aromatic heterocycles. The quantitative estimate of drug-likeness (QED) is 0.285. The molecule has 11 heteroatoms. The molecule has 0 radical (unpaired) electrons. The minimum absolute atomic E-state index is 0.236. The lowest BCUT2D eigenvalue weighted by atomic mass is 9.98. The molecule has 11 nitrogen and oxygen atoms in total. The summed E-state index contributed by atoms with van der Waals surface area (Å²) in [5, 5.41) is 59.8. The SMILES string of the molecule is COc1ccc(O[C@H]2OC[C@@H](O)[C@@H](O[C@H]3O[C@H](CO)[C@@H](O)[C@H](O)[C@H]3O)[C@H]2O)cc1. The van der Waals surface area contributed by atoms with Crippen LogP contribution in [0.15, 0.2) is 24.3 Å². The average molecular weight is 418 g/mol. The number of ether oxygens (including phenoxy) is 5. The molecule has 164 valence electrons. The molecule has 0 saturated carbocycles. The molecule has 2 heterocycles. The van der Waals surface area contributed by atoms with Gasteiger partial charge in [-0.2, -0.15) is 0 Å². The Morgan fingerprint density at radius 3 is 2.17 bits per heavy atom. The highest BCUT2D eigenvalue weighted by atomic mass is 16.7. The second kappa shape index (κ2) is 9.51. The van der Waals surface area contributed by atoms with Crippen molar-refractivity contribution in [2.75, 3.05) is 20.3 Å². The molecule has 0 spiro atoms. The summed E-state index contributed by atoms with van der Waals surface area (Å²) in [7, 11) is 1.52. The third-order valence-corrected chi connectivity index (χ3v) is 4.88. The van der Waals surface area contributed by atoms with Gasteiger partial charge in [-0.05, 0) is 24.3 Å². The Hall–Kier alpha value is -1.54. The Bertz CT molecular complexity index is 639. The van der Waals surface area contributed by atoms with Crippen LogP contribution in [-0.2, 0) is 14.2 Å². The van der Waals surface area contributed by atoms with Crippen LogP contribution in [0.2, 0.25) is 0 Å². The summed E-state index contributed by atoms with van der Waals surface area (Å²) in [5.41, 5.74) is 0. The molecular formula is C18H26O11. The first-order valence-electron chi connectivity index (χ1n) is 9.10. The summed E-state index contributed by atoms with van der Waals surface area (Å²) < 4.78 is 26.7. The first-order valence-corrected chi connectivity index (χ1v) is 9.10. The topological polar surface area (TPSA) is 168 Å². The Morgan fingerprint density at radius 2 is 1.55 bits per heavy atom. The summed E-state index contributed by atoms with van der Waals surface area (Å²) in [6.45, 7) is -0.868. The summed E-state index contributed by atoms with van der Waals surface area (Å²) in [6.07, 6.45) is -12.8. The number of hydrogen-bond donors (Lipinski definition) is 6. The fraction of sp³-hybridized carbons (Fsp3) is 0.667. The van der Waals surface area contributed by atoms with E-state index < -0.39 is 61.9 Å². The molecule has 6 N–H and O–H groups in total. The van der Waals surface area contributed by atoms with Crippen LogP contribution in [0.3, 0.4) is 0 Å². The van der Waals surface area contributed by atoms with Crippen LogP contribution in [-0.4, -0.2) is 106 Å². The van der Waals surface area contributed by atoms with Crippen LogP contribution < -0.4 is 9.47 Å². The van der Waals surface area contributed by atoms with Crippen molar-refractivity contribution in [2.24, 2.45) is 0 Å². The fourth-order valence-electron chi connectivity index (χ4n) is 3.17. The van der Waals surface area contributed by atoms with Crippen molar-refractivity contribution >= 4 is 0 Å². The highest BCUT2D eigenvalue weighted by Gasteiger charge is 2.48. The summed E-state index contributed by atoms with van der Waals surface area (Å²) in [5.74, 6) is 0.986. The van der Waals surface area contributed by atoms with Crippen LogP contribution in [0, 0.1) is 0 Å². The van der Waals surface area contributed by atoms with E-state index in [0.29, 0.717) is 11.5 Å². The van der Waals surface area contributed by atoms with Crippen LogP contribution in [0.4, 0.5) is 0 Å². The Morgan fingerprint density at radius 1 is 0.897 bits per heavy atom. The van der Waals surface area contributed by atoms with Gasteiger partial charge in [-0.15, -0.1) is 0 Å². The molecule has 9 atom stereocenters. The molecule has 2 aliphatic rings. The molecule has 1 aromatic carbocycles. The molecule has 1 aromatic rings. The molecule has 2 saturated heterocycles. The number of hydrogen-bond acceptors (Lipinski definition) is 11. The third-order valence-electron chi connectivity index (χ3n) is 4.88. The first kappa shape index (κ1) is 22.2. The van der Waals surface area contributed by atoms with Crippen molar-refractivity contribution in [3.63, 3.8) is 0 Å². The maximum absolute atomic E-state index is 10.6. The first-order chi connectivity index (χ1) is 13.8. The van der Waals surface area contributed by atoms with Crippen LogP contribution >= 0.6 is 0 Å². The minimum atomic E-state index is -1.67. The van der Waals surface area contributed by atoms with Gasteiger partial charge in [-0.3, -0.25) is 0 Å². The summed E-state index contributed by atoms with van der Waals surface area (Å²) >= 11 is 0. The Balaban J connectivity index is 1.67. The van der Waals surface area contributed by atoms with E-state index in [9.17, 15) is 30.6 Å². The molecule has 3 rings (SSSR count). The van der Waals surface area contributed by atoms with Crippen LogP contribution in [0.1, 0.15) is 0 Å². The second-order valence-electron chi connectivity index (χ2n) is 6.85. The predicted octanol–water partition coefficient (Wildman–Crippen LogP) is -2.66. The van der Waals surface area contributed by atoms with E-state index in [1.165, 1.54) is 7.11 Å². The van der Waals surface area contributed by atoms with E-state index >= 15 is 0 Å². The lowest BCUT2D eigenvalue weighted by Crippen LogP contribution is -2.63. The smallest absolute Gasteiger partial charge is 0.228 e. The lowest BCUT2D eigenvalue weighted by Gasteiger charge is -2.44. The number of methoxy groups -OCH3 is 1. The Kier molecular flexibility index (Phi) is 7.27. The molecular weight excluding hydrogens is 392 g/mol. The predicted molar refractivity (Wildman–Crippen MR) is 94.0 cm³/mol. The van der Waals surface area contributed by atoms with Gasteiger partial charge in [0.25, 0.3) is 0 Å². The zero-order valence-corrected chi connectivity index (χ0v) is 15.6. The molecule has 2 aliphatic heterocycles. The van der Waals surface area contributed by atoms with Crippen molar-refractivity contribution in [2.45, 2.75) is 55.3 Å². The van der Waals surface area contributed by atoms with E-state index in [4.69, 9.17) is 23.7 Å². The van der Waals surface area contributed by atoms with Crippen molar-refractivity contribution in [3.8, 4) is 11.5 Å². The molecule has 29 heavy (non-hydrogen) atoms. The zero-order chi connectivity index (χ0) is 21.1. The molecule has 0 unspecified atom stereocenters. The third kappa shape index (κ3) is 4.79. The maximum Gasteiger partial charge on any atom is 0.228 e. The average Bonchev–Trinajstić information content (AvgIpc) is 2.73. The van der Waals surface area contributed by atoms with Crippen LogP contribution in [0.5, 0.6) is 11.5 Å². The molecule has 2 fully saturated rings. The molecule has 0 aliphatic carbocycles. The van der Waals surface area contributed by atoms with E-state index in [0.717, 1.165) is 0 Å². The minimum Gasteiger partial charge on any atom is -0.497 e.